The third-order valence-corrected chi connectivity index (χ3v) is 3.08. The molecule has 0 heterocycles. The standard InChI is InChI=1S/C13H18ClNO/c14-12-5-6-13(16-9-10-3-4-10)11(8-12)2-1-7-15/h5-6,8,10H,1-4,7,9,15H2. The highest BCUT2D eigenvalue weighted by atomic mass is 35.5. The number of halogens is 1. The lowest BCUT2D eigenvalue weighted by atomic mass is 10.1. The van der Waals surface area contributed by atoms with Gasteiger partial charge < -0.3 is 10.5 Å². The molecule has 2 rings (SSSR count). The molecule has 0 unspecified atom stereocenters. The zero-order valence-corrected chi connectivity index (χ0v) is 10.2. The maximum atomic E-state index is 5.98. The van der Waals surface area contributed by atoms with Gasteiger partial charge in [-0.25, -0.2) is 0 Å². The van der Waals surface area contributed by atoms with Crippen LogP contribution < -0.4 is 10.5 Å². The highest BCUT2D eigenvalue weighted by Crippen LogP contribution is 2.31. The minimum atomic E-state index is 0.703. The molecule has 0 spiro atoms. The van der Waals surface area contributed by atoms with E-state index in [9.17, 15) is 0 Å². The summed E-state index contributed by atoms with van der Waals surface area (Å²) in [6.45, 7) is 1.55. The van der Waals surface area contributed by atoms with Gasteiger partial charge in [0.05, 0.1) is 6.61 Å². The average molecular weight is 240 g/mol. The summed E-state index contributed by atoms with van der Waals surface area (Å²) in [5.74, 6) is 1.75. The van der Waals surface area contributed by atoms with Crippen molar-refractivity contribution in [2.45, 2.75) is 25.7 Å². The summed E-state index contributed by atoms with van der Waals surface area (Å²) in [5.41, 5.74) is 6.70. The van der Waals surface area contributed by atoms with Gasteiger partial charge >= 0.3 is 0 Å². The molecule has 0 amide bonds. The molecule has 0 radical (unpaired) electrons. The van der Waals surface area contributed by atoms with Gasteiger partial charge in [-0.1, -0.05) is 11.6 Å². The maximum Gasteiger partial charge on any atom is 0.122 e. The lowest BCUT2D eigenvalue weighted by Gasteiger charge is -2.11. The molecule has 88 valence electrons. The van der Waals surface area contributed by atoms with Crippen LogP contribution in [0.25, 0.3) is 0 Å². The van der Waals surface area contributed by atoms with E-state index in [0.29, 0.717) is 6.54 Å². The van der Waals surface area contributed by atoms with Crippen LogP contribution in [0.5, 0.6) is 5.75 Å². The van der Waals surface area contributed by atoms with Crippen LogP contribution in [0.15, 0.2) is 18.2 Å². The number of hydrogen-bond acceptors (Lipinski definition) is 2. The monoisotopic (exact) mass is 239 g/mol. The summed E-state index contributed by atoms with van der Waals surface area (Å²) in [6, 6.07) is 5.84. The Morgan fingerprint density at radius 3 is 2.88 bits per heavy atom. The van der Waals surface area contributed by atoms with E-state index in [2.05, 4.69) is 0 Å². The fraction of sp³-hybridized carbons (Fsp3) is 0.538. The van der Waals surface area contributed by atoms with Crippen LogP contribution in [-0.2, 0) is 6.42 Å². The summed E-state index contributed by atoms with van der Waals surface area (Å²) < 4.78 is 5.81. The number of hydrogen-bond donors (Lipinski definition) is 1. The second-order valence-corrected chi connectivity index (χ2v) is 4.84. The molecule has 0 saturated heterocycles. The van der Waals surface area contributed by atoms with Crippen molar-refractivity contribution in [3.8, 4) is 5.75 Å². The summed E-state index contributed by atoms with van der Waals surface area (Å²) in [5, 5.41) is 0.769. The van der Waals surface area contributed by atoms with Crippen molar-refractivity contribution >= 4 is 11.6 Å². The number of rotatable bonds is 6. The lowest BCUT2D eigenvalue weighted by Crippen LogP contribution is -2.04. The normalized spacial score (nSPS) is 15.1. The Morgan fingerprint density at radius 2 is 2.19 bits per heavy atom. The molecule has 0 aliphatic heterocycles. The Kier molecular flexibility index (Phi) is 4.08. The molecular formula is C13H18ClNO. The van der Waals surface area contributed by atoms with E-state index < -0.39 is 0 Å². The first-order valence-corrected chi connectivity index (χ1v) is 6.28. The van der Waals surface area contributed by atoms with E-state index in [-0.39, 0.29) is 0 Å². The molecular weight excluding hydrogens is 222 g/mol. The van der Waals surface area contributed by atoms with Crippen LogP contribution in [0.2, 0.25) is 5.02 Å². The van der Waals surface area contributed by atoms with Gasteiger partial charge in [-0.15, -0.1) is 0 Å². The van der Waals surface area contributed by atoms with Gasteiger partial charge in [0.1, 0.15) is 5.75 Å². The Labute approximate surface area is 102 Å². The van der Waals surface area contributed by atoms with Crippen molar-refractivity contribution in [1.29, 1.82) is 0 Å². The van der Waals surface area contributed by atoms with Gasteiger partial charge in [-0.05, 0) is 61.9 Å². The summed E-state index contributed by atoms with van der Waals surface area (Å²) in [6.07, 6.45) is 4.54. The second-order valence-electron chi connectivity index (χ2n) is 4.40. The Morgan fingerprint density at radius 1 is 1.38 bits per heavy atom. The summed E-state index contributed by atoms with van der Waals surface area (Å²) >= 11 is 5.98. The molecule has 0 atom stereocenters. The van der Waals surface area contributed by atoms with Crippen LogP contribution >= 0.6 is 11.6 Å². The Bertz CT molecular complexity index is 350. The molecule has 1 saturated carbocycles. The first-order valence-electron chi connectivity index (χ1n) is 5.91. The summed E-state index contributed by atoms with van der Waals surface area (Å²) in [7, 11) is 0. The molecule has 1 aliphatic rings. The first-order chi connectivity index (χ1) is 7.79. The van der Waals surface area contributed by atoms with Gasteiger partial charge in [0.25, 0.3) is 0 Å². The number of ether oxygens (including phenoxy) is 1. The SMILES string of the molecule is NCCCc1cc(Cl)ccc1OCC1CC1. The fourth-order valence-corrected chi connectivity index (χ4v) is 1.86. The summed E-state index contributed by atoms with van der Waals surface area (Å²) in [4.78, 5) is 0. The molecule has 1 fully saturated rings. The highest BCUT2D eigenvalue weighted by molar-refractivity contribution is 6.30. The molecule has 3 heteroatoms. The molecule has 0 aromatic heterocycles. The molecule has 1 aliphatic carbocycles. The molecule has 1 aromatic carbocycles. The second kappa shape index (κ2) is 5.55. The predicted molar refractivity (Wildman–Crippen MR) is 67.0 cm³/mol. The van der Waals surface area contributed by atoms with Gasteiger partial charge in [0.15, 0.2) is 0 Å². The lowest BCUT2D eigenvalue weighted by molar-refractivity contribution is 0.296. The Balaban J connectivity index is 2.00. The first kappa shape index (κ1) is 11.7. The third-order valence-electron chi connectivity index (χ3n) is 2.84. The predicted octanol–water partition coefficient (Wildman–Crippen LogP) is 3.02. The Hall–Kier alpha value is -0.730. The van der Waals surface area contributed by atoms with Crippen molar-refractivity contribution in [3.05, 3.63) is 28.8 Å². The highest BCUT2D eigenvalue weighted by Gasteiger charge is 2.22. The van der Waals surface area contributed by atoms with Gasteiger partial charge in [-0.3, -0.25) is 0 Å². The zero-order chi connectivity index (χ0) is 11.4. The van der Waals surface area contributed by atoms with E-state index in [0.717, 1.165) is 36.1 Å². The van der Waals surface area contributed by atoms with Crippen molar-refractivity contribution < 1.29 is 4.74 Å². The van der Waals surface area contributed by atoms with Crippen LogP contribution in [0.3, 0.4) is 0 Å². The van der Waals surface area contributed by atoms with Crippen molar-refractivity contribution in [1.82, 2.24) is 0 Å². The molecule has 0 bridgehead atoms. The quantitative estimate of drug-likeness (QED) is 0.828. The smallest absolute Gasteiger partial charge is 0.122 e. The van der Waals surface area contributed by atoms with Crippen molar-refractivity contribution in [3.63, 3.8) is 0 Å². The third kappa shape index (κ3) is 3.39. The van der Waals surface area contributed by atoms with E-state index >= 15 is 0 Å². The van der Waals surface area contributed by atoms with Gasteiger partial charge in [0.2, 0.25) is 0 Å². The van der Waals surface area contributed by atoms with E-state index in [4.69, 9.17) is 22.1 Å². The van der Waals surface area contributed by atoms with E-state index in [1.54, 1.807) is 0 Å². The van der Waals surface area contributed by atoms with E-state index in [1.807, 2.05) is 18.2 Å². The largest absolute Gasteiger partial charge is 0.493 e. The van der Waals surface area contributed by atoms with Crippen LogP contribution in [0.4, 0.5) is 0 Å². The topological polar surface area (TPSA) is 35.2 Å². The van der Waals surface area contributed by atoms with Crippen LogP contribution in [0.1, 0.15) is 24.8 Å². The number of benzene rings is 1. The van der Waals surface area contributed by atoms with Crippen molar-refractivity contribution in [2.75, 3.05) is 13.2 Å². The van der Waals surface area contributed by atoms with Crippen molar-refractivity contribution in [2.24, 2.45) is 11.7 Å². The molecule has 2 N–H and O–H groups in total. The molecule has 1 aromatic rings. The molecule has 16 heavy (non-hydrogen) atoms. The van der Waals surface area contributed by atoms with Crippen LogP contribution in [-0.4, -0.2) is 13.2 Å². The minimum Gasteiger partial charge on any atom is -0.493 e. The average Bonchev–Trinajstić information content (AvgIpc) is 3.09. The van der Waals surface area contributed by atoms with Gasteiger partial charge in [-0.2, -0.15) is 0 Å². The molecule has 2 nitrogen and oxygen atoms in total. The zero-order valence-electron chi connectivity index (χ0n) is 9.42. The minimum absolute atomic E-state index is 0.703. The van der Waals surface area contributed by atoms with Gasteiger partial charge in [0, 0.05) is 5.02 Å². The maximum absolute atomic E-state index is 5.98. The van der Waals surface area contributed by atoms with E-state index in [1.165, 1.54) is 18.4 Å². The van der Waals surface area contributed by atoms with Crippen LogP contribution in [0, 0.1) is 5.92 Å². The number of aryl methyl sites for hydroxylation is 1. The number of nitrogens with two attached hydrogens (primary N) is 1. The fourth-order valence-electron chi connectivity index (χ4n) is 1.67.